The van der Waals surface area contributed by atoms with E-state index in [0.29, 0.717) is 12.2 Å². The smallest absolute Gasteiger partial charge is 0.262 e. The van der Waals surface area contributed by atoms with Gasteiger partial charge in [0.2, 0.25) is 0 Å². The van der Waals surface area contributed by atoms with E-state index in [1.807, 2.05) is 72.5 Å². The second-order valence-electron chi connectivity index (χ2n) is 6.79. The van der Waals surface area contributed by atoms with Crippen LogP contribution in [0.1, 0.15) is 41.5 Å². The molecule has 1 aliphatic heterocycles. The van der Waals surface area contributed by atoms with E-state index in [-0.39, 0.29) is 12.1 Å². The largest absolute Gasteiger partial charge is 0.494 e. The Labute approximate surface area is 165 Å². The number of nitrogens with zero attached hydrogens (tertiary/aromatic N) is 1. The van der Waals surface area contributed by atoms with E-state index >= 15 is 0 Å². The SMILES string of the molecule is CCOc1ccc(C2Nc3ccccc3C(=O)N2c2ccc(CC)cc2)cc1. The molecule has 1 N–H and O–H groups in total. The molecule has 3 aromatic rings. The number of benzene rings is 3. The molecule has 0 radical (unpaired) electrons. The first-order valence-electron chi connectivity index (χ1n) is 9.72. The molecule has 1 aliphatic rings. The quantitative estimate of drug-likeness (QED) is 0.650. The minimum atomic E-state index is -0.287. The van der Waals surface area contributed by atoms with Gasteiger partial charge in [-0.05, 0) is 60.9 Å². The van der Waals surface area contributed by atoms with Crippen molar-refractivity contribution in [3.63, 3.8) is 0 Å². The maximum Gasteiger partial charge on any atom is 0.262 e. The third-order valence-electron chi connectivity index (χ3n) is 5.06. The molecule has 0 aromatic heterocycles. The van der Waals surface area contributed by atoms with Gasteiger partial charge in [0.1, 0.15) is 11.9 Å². The number of carbonyl (C=O) groups is 1. The van der Waals surface area contributed by atoms with Crippen molar-refractivity contribution in [3.8, 4) is 5.75 Å². The highest BCUT2D eigenvalue weighted by molar-refractivity contribution is 6.12. The molecule has 142 valence electrons. The summed E-state index contributed by atoms with van der Waals surface area (Å²) in [5.41, 5.74) is 4.67. The number of amides is 1. The third-order valence-corrected chi connectivity index (χ3v) is 5.06. The van der Waals surface area contributed by atoms with Crippen molar-refractivity contribution >= 4 is 17.3 Å². The molecular weight excluding hydrogens is 348 g/mol. The number of nitrogens with one attached hydrogen (secondary N) is 1. The van der Waals surface area contributed by atoms with Crippen molar-refractivity contribution in [2.24, 2.45) is 0 Å². The summed E-state index contributed by atoms with van der Waals surface area (Å²) in [5, 5.41) is 3.54. The number of para-hydroxylation sites is 1. The van der Waals surface area contributed by atoms with Crippen LogP contribution in [0.3, 0.4) is 0 Å². The molecule has 4 rings (SSSR count). The number of aryl methyl sites for hydroxylation is 1. The summed E-state index contributed by atoms with van der Waals surface area (Å²) >= 11 is 0. The summed E-state index contributed by atoms with van der Waals surface area (Å²) in [4.78, 5) is 15.2. The van der Waals surface area contributed by atoms with Gasteiger partial charge in [0.05, 0.1) is 12.2 Å². The standard InChI is InChI=1S/C24H24N2O2/c1-3-17-9-13-19(14-10-17)26-23(18-11-15-20(16-12-18)28-4-2)25-22-8-6-5-7-21(22)24(26)27/h5-16,23,25H,3-4H2,1-2H3. The lowest BCUT2D eigenvalue weighted by Crippen LogP contribution is -2.43. The van der Waals surface area contributed by atoms with Gasteiger partial charge in [-0.2, -0.15) is 0 Å². The monoisotopic (exact) mass is 372 g/mol. The number of carbonyl (C=O) groups excluding carboxylic acids is 1. The van der Waals surface area contributed by atoms with Crippen LogP contribution in [0.2, 0.25) is 0 Å². The zero-order chi connectivity index (χ0) is 19.5. The predicted octanol–water partition coefficient (Wildman–Crippen LogP) is 5.42. The second kappa shape index (κ2) is 7.77. The van der Waals surface area contributed by atoms with Crippen LogP contribution in [-0.2, 0) is 6.42 Å². The molecule has 4 nitrogen and oxygen atoms in total. The Morgan fingerprint density at radius 1 is 0.929 bits per heavy atom. The average Bonchev–Trinajstić information content (AvgIpc) is 2.75. The first kappa shape index (κ1) is 18.1. The molecule has 3 aromatic carbocycles. The van der Waals surface area contributed by atoms with Gasteiger partial charge in [0, 0.05) is 11.4 Å². The summed E-state index contributed by atoms with van der Waals surface area (Å²) in [6.07, 6.45) is 0.683. The van der Waals surface area contributed by atoms with Crippen LogP contribution < -0.4 is 15.0 Å². The summed E-state index contributed by atoms with van der Waals surface area (Å²) < 4.78 is 5.56. The highest BCUT2D eigenvalue weighted by Crippen LogP contribution is 2.37. The molecule has 1 atom stereocenters. The molecule has 0 bridgehead atoms. The molecule has 0 saturated heterocycles. The fourth-order valence-corrected chi connectivity index (χ4v) is 3.56. The van der Waals surface area contributed by atoms with Crippen molar-refractivity contribution in [1.29, 1.82) is 0 Å². The first-order chi connectivity index (χ1) is 13.7. The third kappa shape index (κ3) is 3.33. The summed E-state index contributed by atoms with van der Waals surface area (Å²) in [7, 11) is 0. The molecule has 1 amide bonds. The zero-order valence-corrected chi connectivity index (χ0v) is 16.2. The van der Waals surface area contributed by atoms with E-state index in [1.165, 1.54) is 5.56 Å². The Balaban J connectivity index is 1.77. The normalized spacial score (nSPS) is 15.7. The lowest BCUT2D eigenvalue weighted by atomic mass is 10.0. The van der Waals surface area contributed by atoms with Gasteiger partial charge in [0.15, 0.2) is 0 Å². The predicted molar refractivity (Wildman–Crippen MR) is 113 cm³/mol. The van der Waals surface area contributed by atoms with E-state index in [9.17, 15) is 4.79 Å². The number of fused-ring (bicyclic) bond motifs is 1. The maximum atomic E-state index is 13.4. The highest BCUT2D eigenvalue weighted by Gasteiger charge is 2.33. The van der Waals surface area contributed by atoms with Gasteiger partial charge in [-0.15, -0.1) is 0 Å². The van der Waals surface area contributed by atoms with Crippen LogP contribution >= 0.6 is 0 Å². The van der Waals surface area contributed by atoms with Crippen molar-refractivity contribution in [1.82, 2.24) is 0 Å². The number of hydrogen-bond acceptors (Lipinski definition) is 3. The minimum Gasteiger partial charge on any atom is -0.494 e. The van der Waals surface area contributed by atoms with E-state index in [1.54, 1.807) is 0 Å². The Hall–Kier alpha value is -3.27. The zero-order valence-electron chi connectivity index (χ0n) is 16.2. The fourth-order valence-electron chi connectivity index (χ4n) is 3.56. The Morgan fingerprint density at radius 3 is 2.32 bits per heavy atom. The molecule has 0 saturated carbocycles. The second-order valence-corrected chi connectivity index (χ2v) is 6.79. The Kier molecular flexibility index (Phi) is 5.02. The number of hydrogen-bond donors (Lipinski definition) is 1. The van der Waals surface area contributed by atoms with E-state index in [2.05, 4.69) is 24.4 Å². The van der Waals surface area contributed by atoms with Gasteiger partial charge >= 0.3 is 0 Å². The Bertz CT molecular complexity index is 965. The number of rotatable bonds is 5. The van der Waals surface area contributed by atoms with Crippen molar-refractivity contribution < 1.29 is 9.53 Å². The van der Waals surface area contributed by atoms with Gasteiger partial charge in [-0.1, -0.05) is 43.3 Å². The molecule has 1 heterocycles. The number of anilines is 2. The van der Waals surface area contributed by atoms with Crippen LogP contribution in [-0.4, -0.2) is 12.5 Å². The molecule has 0 fully saturated rings. The van der Waals surface area contributed by atoms with Crippen LogP contribution in [0.15, 0.2) is 72.8 Å². The van der Waals surface area contributed by atoms with Crippen LogP contribution in [0.25, 0.3) is 0 Å². The summed E-state index contributed by atoms with van der Waals surface area (Å²) in [6.45, 7) is 4.72. The van der Waals surface area contributed by atoms with E-state index in [4.69, 9.17) is 4.74 Å². The lowest BCUT2D eigenvalue weighted by molar-refractivity contribution is 0.0975. The highest BCUT2D eigenvalue weighted by atomic mass is 16.5. The van der Waals surface area contributed by atoms with Crippen molar-refractivity contribution in [3.05, 3.63) is 89.5 Å². The van der Waals surface area contributed by atoms with Gasteiger partial charge in [0.25, 0.3) is 5.91 Å². The van der Waals surface area contributed by atoms with Gasteiger partial charge in [-0.3, -0.25) is 9.69 Å². The molecule has 0 aliphatic carbocycles. The van der Waals surface area contributed by atoms with Crippen LogP contribution in [0, 0.1) is 0 Å². The van der Waals surface area contributed by atoms with E-state index < -0.39 is 0 Å². The number of ether oxygens (including phenoxy) is 1. The molecule has 1 unspecified atom stereocenters. The van der Waals surface area contributed by atoms with Crippen molar-refractivity contribution in [2.45, 2.75) is 26.4 Å². The molecule has 28 heavy (non-hydrogen) atoms. The summed E-state index contributed by atoms with van der Waals surface area (Å²) in [6, 6.07) is 23.8. The Morgan fingerprint density at radius 2 is 1.64 bits per heavy atom. The minimum absolute atomic E-state index is 0.00233. The lowest BCUT2D eigenvalue weighted by Gasteiger charge is -2.38. The summed E-state index contributed by atoms with van der Waals surface area (Å²) in [5.74, 6) is 0.824. The van der Waals surface area contributed by atoms with Crippen LogP contribution in [0.4, 0.5) is 11.4 Å². The van der Waals surface area contributed by atoms with Crippen molar-refractivity contribution in [2.75, 3.05) is 16.8 Å². The maximum absolute atomic E-state index is 13.4. The first-order valence-corrected chi connectivity index (χ1v) is 9.72. The average molecular weight is 372 g/mol. The molecular formula is C24H24N2O2. The topological polar surface area (TPSA) is 41.6 Å². The molecule has 4 heteroatoms. The fraction of sp³-hybridized carbons (Fsp3) is 0.208. The van der Waals surface area contributed by atoms with Gasteiger partial charge in [-0.25, -0.2) is 0 Å². The van der Waals surface area contributed by atoms with Crippen LogP contribution in [0.5, 0.6) is 5.75 Å². The molecule has 0 spiro atoms. The van der Waals surface area contributed by atoms with E-state index in [0.717, 1.165) is 29.1 Å². The van der Waals surface area contributed by atoms with Gasteiger partial charge < -0.3 is 10.1 Å².